The fraction of sp³-hybridized carbons (Fsp3) is 0.200. The van der Waals surface area contributed by atoms with Crippen LogP contribution in [0.2, 0.25) is 0 Å². The summed E-state index contributed by atoms with van der Waals surface area (Å²) in [7, 11) is 1.53. The standard InChI is InChI=1S/C10H13N3O2/c1-3-6-11-10(14)13-8-4-5-9(15-2)12-7-8/h3-5,7H,1,6H2,2H3,(H2,11,13,14). The molecule has 0 bridgehead atoms. The Morgan fingerprint density at radius 1 is 1.67 bits per heavy atom. The molecule has 2 N–H and O–H groups in total. The Morgan fingerprint density at radius 2 is 2.47 bits per heavy atom. The Morgan fingerprint density at radius 3 is 3.00 bits per heavy atom. The van der Waals surface area contributed by atoms with E-state index in [0.29, 0.717) is 18.1 Å². The topological polar surface area (TPSA) is 63.2 Å². The molecule has 15 heavy (non-hydrogen) atoms. The van der Waals surface area contributed by atoms with Gasteiger partial charge in [-0.1, -0.05) is 6.08 Å². The summed E-state index contributed by atoms with van der Waals surface area (Å²) in [5, 5.41) is 5.19. The zero-order valence-electron chi connectivity index (χ0n) is 8.49. The van der Waals surface area contributed by atoms with Crippen molar-refractivity contribution >= 4 is 11.7 Å². The molecule has 0 saturated carbocycles. The van der Waals surface area contributed by atoms with Gasteiger partial charge in [0.15, 0.2) is 0 Å². The molecule has 0 radical (unpaired) electrons. The van der Waals surface area contributed by atoms with E-state index in [4.69, 9.17) is 4.74 Å². The van der Waals surface area contributed by atoms with Gasteiger partial charge in [-0.25, -0.2) is 9.78 Å². The molecule has 1 rings (SSSR count). The second-order valence-electron chi connectivity index (χ2n) is 2.71. The van der Waals surface area contributed by atoms with E-state index in [0.717, 1.165) is 0 Å². The van der Waals surface area contributed by atoms with Gasteiger partial charge in [-0.15, -0.1) is 6.58 Å². The van der Waals surface area contributed by atoms with Crippen LogP contribution in [-0.4, -0.2) is 24.7 Å². The summed E-state index contributed by atoms with van der Waals surface area (Å²) in [6.07, 6.45) is 3.12. The highest BCUT2D eigenvalue weighted by molar-refractivity contribution is 5.89. The molecule has 0 atom stereocenters. The van der Waals surface area contributed by atoms with Gasteiger partial charge in [0.2, 0.25) is 5.88 Å². The van der Waals surface area contributed by atoms with Crippen molar-refractivity contribution in [2.75, 3.05) is 19.0 Å². The number of carbonyl (C=O) groups is 1. The van der Waals surface area contributed by atoms with Gasteiger partial charge in [0.05, 0.1) is 19.0 Å². The van der Waals surface area contributed by atoms with E-state index < -0.39 is 0 Å². The molecule has 0 spiro atoms. The van der Waals surface area contributed by atoms with E-state index in [1.807, 2.05) is 0 Å². The maximum Gasteiger partial charge on any atom is 0.319 e. The first-order chi connectivity index (χ1) is 7.26. The zero-order chi connectivity index (χ0) is 11.1. The third kappa shape index (κ3) is 3.68. The molecule has 0 aliphatic rings. The van der Waals surface area contributed by atoms with Crippen LogP contribution in [0.5, 0.6) is 5.88 Å². The first-order valence-electron chi connectivity index (χ1n) is 4.42. The fourth-order valence-electron chi connectivity index (χ4n) is 0.915. The summed E-state index contributed by atoms with van der Waals surface area (Å²) in [6, 6.07) is 3.09. The van der Waals surface area contributed by atoms with Crippen molar-refractivity contribution < 1.29 is 9.53 Å². The molecular formula is C10H13N3O2. The van der Waals surface area contributed by atoms with E-state index in [1.54, 1.807) is 18.2 Å². The largest absolute Gasteiger partial charge is 0.481 e. The van der Waals surface area contributed by atoms with E-state index in [9.17, 15) is 4.79 Å². The molecule has 1 heterocycles. The molecule has 1 aromatic rings. The SMILES string of the molecule is C=CCNC(=O)Nc1ccc(OC)nc1. The number of hydrogen-bond acceptors (Lipinski definition) is 3. The monoisotopic (exact) mass is 207 g/mol. The number of hydrogen-bond donors (Lipinski definition) is 2. The molecule has 0 saturated heterocycles. The van der Waals surface area contributed by atoms with Gasteiger partial charge in [-0.2, -0.15) is 0 Å². The fourth-order valence-corrected chi connectivity index (χ4v) is 0.915. The average molecular weight is 207 g/mol. The molecule has 80 valence electrons. The minimum Gasteiger partial charge on any atom is -0.481 e. The number of ether oxygens (including phenoxy) is 1. The van der Waals surface area contributed by atoms with Crippen molar-refractivity contribution in [2.24, 2.45) is 0 Å². The lowest BCUT2D eigenvalue weighted by Gasteiger charge is -2.05. The number of aromatic nitrogens is 1. The van der Waals surface area contributed by atoms with Crippen molar-refractivity contribution in [3.8, 4) is 5.88 Å². The normalized spacial score (nSPS) is 9.13. The van der Waals surface area contributed by atoms with Gasteiger partial charge in [0, 0.05) is 12.6 Å². The number of anilines is 1. The summed E-state index contributed by atoms with van der Waals surface area (Å²) in [5.74, 6) is 0.507. The Balaban J connectivity index is 2.49. The predicted octanol–water partition coefficient (Wildman–Crippen LogP) is 1.40. The van der Waals surface area contributed by atoms with Crippen LogP contribution in [0.25, 0.3) is 0 Å². The van der Waals surface area contributed by atoms with E-state index in [2.05, 4.69) is 22.2 Å². The van der Waals surface area contributed by atoms with Crippen LogP contribution >= 0.6 is 0 Å². The highest BCUT2D eigenvalue weighted by Crippen LogP contribution is 2.10. The van der Waals surface area contributed by atoms with Crippen LogP contribution in [0.3, 0.4) is 0 Å². The van der Waals surface area contributed by atoms with E-state index in [-0.39, 0.29) is 6.03 Å². The van der Waals surface area contributed by atoms with Gasteiger partial charge >= 0.3 is 6.03 Å². The average Bonchev–Trinajstić information content (AvgIpc) is 2.27. The minimum atomic E-state index is -0.290. The van der Waals surface area contributed by atoms with Crippen LogP contribution < -0.4 is 15.4 Å². The van der Waals surface area contributed by atoms with Gasteiger partial charge in [0.1, 0.15) is 0 Å². The number of pyridine rings is 1. The van der Waals surface area contributed by atoms with Crippen LogP contribution in [-0.2, 0) is 0 Å². The van der Waals surface area contributed by atoms with Crippen LogP contribution in [0.4, 0.5) is 10.5 Å². The van der Waals surface area contributed by atoms with Crippen molar-refractivity contribution in [3.05, 3.63) is 31.0 Å². The van der Waals surface area contributed by atoms with E-state index >= 15 is 0 Å². The third-order valence-corrected chi connectivity index (χ3v) is 1.61. The van der Waals surface area contributed by atoms with Crippen molar-refractivity contribution in [1.29, 1.82) is 0 Å². The molecular weight excluding hydrogens is 194 g/mol. The molecule has 0 unspecified atom stereocenters. The molecule has 0 aliphatic carbocycles. The van der Waals surface area contributed by atoms with Crippen molar-refractivity contribution in [1.82, 2.24) is 10.3 Å². The van der Waals surface area contributed by atoms with Crippen LogP contribution in [0.1, 0.15) is 0 Å². The Bertz CT molecular complexity index is 335. The number of carbonyl (C=O) groups excluding carboxylic acids is 1. The molecule has 2 amide bonds. The number of urea groups is 1. The highest BCUT2D eigenvalue weighted by atomic mass is 16.5. The molecule has 5 nitrogen and oxygen atoms in total. The molecule has 0 aliphatic heterocycles. The summed E-state index contributed by atoms with van der Waals surface area (Å²) < 4.78 is 4.89. The lowest BCUT2D eigenvalue weighted by molar-refractivity contribution is 0.253. The van der Waals surface area contributed by atoms with E-state index in [1.165, 1.54) is 13.3 Å². The second-order valence-corrected chi connectivity index (χ2v) is 2.71. The zero-order valence-corrected chi connectivity index (χ0v) is 8.49. The van der Waals surface area contributed by atoms with Gasteiger partial charge in [-0.05, 0) is 6.07 Å². The first-order valence-corrected chi connectivity index (χ1v) is 4.42. The first kappa shape index (κ1) is 11.0. The lowest BCUT2D eigenvalue weighted by atomic mass is 10.4. The molecule has 1 aromatic heterocycles. The maximum absolute atomic E-state index is 11.2. The number of rotatable bonds is 4. The van der Waals surface area contributed by atoms with Gasteiger partial charge < -0.3 is 15.4 Å². The van der Waals surface area contributed by atoms with Crippen LogP contribution in [0, 0.1) is 0 Å². The third-order valence-electron chi connectivity index (χ3n) is 1.61. The highest BCUT2D eigenvalue weighted by Gasteiger charge is 2.00. The number of amides is 2. The number of nitrogens with zero attached hydrogens (tertiary/aromatic N) is 1. The minimum absolute atomic E-state index is 0.290. The van der Waals surface area contributed by atoms with Crippen molar-refractivity contribution in [2.45, 2.75) is 0 Å². The quantitative estimate of drug-likeness (QED) is 0.733. The summed E-state index contributed by atoms with van der Waals surface area (Å²) in [6.45, 7) is 3.92. The maximum atomic E-state index is 11.2. The Labute approximate surface area is 88.2 Å². The smallest absolute Gasteiger partial charge is 0.319 e. The van der Waals surface area contributed by atoms with Gasteiger partial charge in [0.25, 0.3) is 0 Å². The Kier molecular flexibility index (Phi) is 4.15. The molecule has 0 fully saturated rings. The predicted molar refractivity (Wildman–Crippen MR) is 58.0 cm³/mol. The lowest BCUT2D eigenvalue weighted by Crippen LogP contribution is -2.28. The molecule has 0 aromatic carbocycles. The summed E-state index contributed by atoms with van der Waals surface area (Å²) in [4.78, 5) is 15.1. The summed E-state index contributed by atoms with van der Waals surface area (Å²) in [5.41, 5.74) is 0.609. The number of nitrogens with one attached hydrogen (secondary N) is 2. The Hall–Kier alpha value is -2.04. The second kappa shape index (κ2) is 5.64. The van der Waals surface area contributed by atoms with Crippen molar-refractivity contribution in [3.63, 3.8) is 0 Å². The van der Waals surface area contributed by atoms with Crippen LogP contribution in [0.15, 0.2) is 31.0 Å². The summed E-state index contributed by atoms with van der Waals surface area (Å²) >= 11 is 0. The molecule has 5 heteroatoms. The number of methoxy groups -OCH3 is 1. The van der Waals surface area contributed by atoms with Gasteiger partial charge in [-0.3, -0.25) is 0 Å².